The summed E-state index contributed by atoms with van der Waals surface area (Å²) in [5.74, 6) is -0.933. The van der Waals surface area contributed by atoms with Crippen molar-refractivity contribution in [2.75, 3.05) is 6.54 Å². The van der Waals surface area contributed by atoms with Crippen LogP contribution >= 0.6 is 0 Å². The lowest BCUT2D eigenvalue weighted by molar-refractivity contribution is -0.139. The normalized spacial score (nSPS) is 16.8. The van der Waals surface area contributed by atoms with Gasteiger partial charge in [0.05, 0.1) is 6.04 Å². The third-order valence-corrected chi connectivity index (χ3v) is 6.53. The third kappa shape index (κ3) is 6.26. The molecule has 0 spiro atoms. The molecule has 3 aromatic carbocycles. The van der Waals surface area contributed by atoms with E-state index in [1.54, 1.807) is 29.2 Å². The average Bonchev–Trinajstić information content (AvgIpc) is 2.87. The van der Waals surface area contributed by atoms with Crippen molar-refractivity contribution in [1.29, 1.82) is 0 Å². The number of hydrogen-bond acceptors (Lipinski definition) is 5. The van der Waals surface area contributed by atoms with Crippen LogP contribution in [-0.4, -0.2) is 51.7 Å². The Morgan fingerprint density at radius 2 is 1.54 bits per heavy atom. The van der Waals surface area contributed by atoms with Crippen LogP contribution in [0, 0.1) is 0 Å². The second-order valence-corrected chi connectivity index (χ2v) is 9.06. The molecule has 1 aliphatic heterocycles. The molecule has 1 amide bonds. The van der Waals surface area contributed by atoms with Gasteiger partial charge < -0.3 is 26.2 Å². The lowest BCUT2D eigenvalue weighted by Gasteiger charge is -2.39. The van der Waals surface area contributed by atoms with Gasteiger partial charge in [-0.3, -0.25) is 9.59 Å². The van der Waals surface area contributed by atoms with Crippen LogP contribution in [0.25, 0.3) is 0 Å². The summed E-state index contributed by atoms with van der Waals surface area (Å²) < 4.78 is 0. The minimum Gasteiger partial charge on any atom is -0.508 e. The Balaban J connectivity index is 1.49. The number of hydrogen-bond donors (Lipinski definition) is 4. The van der Waals surface area contributed by atoms with Crippen molar-refractivity contribution in [3.63, 3.8) is 0 Å². The SMILES string of the molecule is N[C@@H](Cc1ccc(O)cc1)C(=O)N1Cc2ccccc2C[C@H]1CN[C@@H](Cc1ccccc1)C(=O)O. The van der Waals surface area contributed by atoms with Gasteiger partial charge in [-0.2, -0.15) is 0 Å². The largest absolute Gasteiger partial charge is 0.508 e. The number of nitrogens with two attached hydrogens (primary N) is 1. The minimum absolute atomic E-state index is 0.163. The molecule has 1 aliphatic rings. The molecule has 0 radical (unpaired) electrons. The number of phenolic OH excluding ortho intramolecular Hbond substituents is 1. The molecule has 7 heteroatoms. The summed E-state index contributed by atoms with van der Waals surface area (Å²) in [4.78, 5) is 27.2. The van der Waals surface area contributed by atoms with Crippen LogP contribution in [0.5, 0.6) is 5.75 Å². The van der Waals surface area contributed by atoms with Gasteiger partial charge >= 0.3 is 5.97 Å². The average molecular weight is 474 g/mol. The summed E-state index contributed by atoms with van der Waals surface area (Å²) in [7, 11) is 0. The number of nitrogens with one attached hydrogen (secondary N) is 1. The van der Waals surface area contributed by atoms with Gasteiger partial charge in [0.1, 0.15) is 11.8 Å². The first kappa shape index (κ1) is 24.4. The van der Waals surface area contributed by atoms with Crippen molar-refractivity contribution >= 4 is 11.9 Å². The van der Waals surface area contributed by atoms with Crippen molar-refractivity contribution in [2.24, 2.45) is 5.73 Å². The number of benzene rings is 3. The minimum atomic E-state index is -0.924. The first-order valence-corrected chi connectivity index (χ1v) is 11.8. The van der Waals surface area contributed by atoms with Crippen molar-refractivity contribution < 1.29 is 19.8 Å². The van der Waals surface area contributed by atoms with Gasteiger partial charge in [-0.05, 0) is 53.6 Å². The van der Waals surface area contributed by atoms with Crippen molar-refractivity contribution in [3.8, 4) is 5.75 Å². The third-order valence-electron chi connectivity index (χ3n) is 6.53. The Labute approximate surface area is 205 Å². The highest BCUT2D eigenvalue weighted by molar-refractivity contribution is 5.82. The molecule has 5 N–H and O–H groups in total. The first-order valence-electron chi connectivity index (χ1n) is 11.8. The number of nitrogens with zero attached hydrogens (tertiary/aromatic N) is 1. The van der Waals surface area contributed by atoms with Gasteiger partial charge in [0.25, 0.3) is 0 Å². The van der Waals surface area contributed by atoms with E-state index in [4.69, 9.17) is 5.73 Å². The number of aromatic hydroxyl groups is 1. The Morgan fingerprint density at radius 3 is 2.23 bits per heavy atom. The fourth-order valence-electron chi connectivity index (χ4n) is 4.59. The number of carbonyl (C=O) groups is 2. The highest BCUT2D eigenvalue weighted by Crippen LogP contribution is 2.24. The van der Waals surface area contributed by atoms with E-state index in [1.165, 1.54) is 0 Å². The maximum Gasteiger partial charge on any atom is 0.321 e. The molecular weight excluding hydrogens is 442 g/mol. The van der Waals surface area contributed by atoms with Crippen LogP contribution in [0.2, 0.25) is 0 Å². The second kappa shape index (κ2) is 11.2. The predicted octanol–water partition coefficient (Wildman–Crippen LogP) is 2.50. The van der Waals surface area contributed by atoms with Gasteiger partial charge in [0.2, 0.25) is 5.91 Å². The van der Waals surface area contributed by atoms with Gasteiger partial charge in [-0.25, -0.2) is 0 Å². The molecule has 182 valence electrons. The molecule has 0 bridgehead atoms. The predicted molar refractivity (Wildman–Crippen MR) is 134 cm³/mol. The van der Waals surface area contributed by atoms with Crippen LogP contribution in [-0.2, 0) is 35.4 Å². The highest BCUT2D eigenvalue weighted by atomic mass is 16.4. The van der Waals surface area contributed by atoms with Gasteiger partial charge in [-0.1, -0.05) is 66.7 Å². The van der Waals surface area contributed by atoms with Gasteiger partial charge in [-0.15, -0.1) is 0 Å². The van der Waals surface area contributed by atoms with E-state index in [-0.39, 0.29) is 17.7 Å². The van der Waals surface area contributed by atoms with Crippen LogP contribution < -0.4 is 11.1 Å². The molecule has 0 aromatic heterocycles. The molecule has 4 rings (SSSR count). The number of carboxylic acid groups (broad SMARTS) is 1. The number of carboxylic acids is 1. The standard InChI is InChI=1S/C28H31N3O4/c29-25(14-20-10-12-24(32)13-11-20)27(33)31-18-22-9-5-4-8-21(22)16-23(31)17-30-26(28(34)35)15-19-6-2-1-3-7-19/h1-13,23,25-26,30,32H,14-18,29H2,(H,34,35)/t23-,25-,26-/m0/s1. The molecule has 0 aliphatic carbocycles. The summed E-state index contributed by atoms with van der Waals surface area (Å²) in [5.41, 5.74) is 10.4. The number of fused-ring (bicyclic) bond motifs is 1. The molecule has 7 nitrogen and oxygen atoms in total. The quantitative estimate of drug-likeness (QED) is 0.380. The molecule has 0 unspecified atom stereocenters. The molecule has 0 saturated carbocycles. The Kier molecular flexibility index (Phi) is 7.80. The van der Waals surface area contributed by atoms with Crippen LogP contribution in [0.15, 0.2) is 78.9 Å². The summed E-state index contributed by atoms with van der Waals surface area (Å²) in [5, 5.41) is 22.5. The van der Waals surface area contributed by atoms with Crippen LogP contribution in [0.4, 0.5) is 0 Å². The number of aliphatic carboxylic acids is 1. The summed E-state index contributed by atoms with van der Waals surface area (Å²) >= 11 is 0. The summed E-state index contributed by atoms with van der Waals surface area (Å²) in [6, 6.07) is 22.4. The van der Waals surface area contributed by atoms with Crippen LogP contribution in [0.3, 0.4) is 0 Å². The Bertz CT molecular complexity index is 1150. The topological polar surface area (TPSA) is 116 Å². The van der Waals surface area contributed by atoms with E-state index < -0.39 is 18.1 Å². The zero-order chi connectivity index (χ0) is 24.8. The molecule has 3 atom stereocenters. The zero-order valence-electron chi connectivity index (χ0n) is 19.5. The smallest absolute Gasteiger partial charge is 0.321 e. The Hall–Kier alpha value is -3.68. The first-order chi connectivity index (χ1) is 16.9. The van der Waals surface area contributed by atoms with Crippen LogP contribution in [0.1, 0.15) is 22.3 Å². The molecule has 3 aromatic rings. The summed E-state index contributed by atoms with van der Waals surface area (Å²) in [6.45, 7) is 0.775. The maximum atomic E-state index is 13.5. The van der Waals surface area contributed by atoms with Crippen molar-refractivity contribution in [1.82, 2.24) is 10.2 Å². The van der Waals surface area contributed by atoms with E-state index in [1.807, 2.05) is 48.5 Å². The number of amides is 1. The molecular formula is C28H31N3O4. The second-order valence-electron chi connectivity index (χ2n) is 9.06. The fraction of sp³-hybridized carbons (Fsp3) is 0.286. The molecule has 35 heavy (non-hydrogen) atoms. The zero-order valence-corrected chi connectivity index (χ0v) is 19.5. The van der Waals surface area contributed by atoms with Crippen molar-refractivity contribution in [3.05, 3.63) is 101 Å². The number of carbonyl (C=O) groups excluding carboxylic acids is 1. The number of phenols is 1. The molecule has 0 fully saturated rings. The lowest BCUT2D eigenvalue weighted by atomic mass is 9.92. The Morgan fingerprint density at radius 1 is 0.914 bits per heavy atom. The van der Waals surface area contributed by atoms with Gasteiger partial charge in [0, 0.05) is 19.1 Å². The van der Waals surface area contributed by atoms with E-state index in [0.717, 1.165) is 22.3 Å². The van der Waals surface area contributed by atoms with E-state index in [0.29, 0.717) is 32.4 Å². The fourth-order valence-corrected chi connectivity index (χ4v) is 4.59. The summed E-state index contributed by atoms with van der Waals surface area (Å²) in [6.07, 6.45) is 1.33. The van der Waals surface area contributed by atoms with E-state index >= 15 is 0 Å². The number of rotatable bonds is 9. The van der Waals surface area contributed by atoms with E-state index in [9.17, 15) is 19.8 Å². The van der Waals surface area contributed by atoms with Crippen molar-refractivity contribution in [2.45, 2.75) is 43.9 Å². The lowest BCUT2D eigenvalue weighted by Crippen LogP contribution is -2.56. The highest BCUT2D eigenvalue weighted by Gasteiger charge is 2.33. The molecule has 0 saturated heterocycles. The molecule has 1 heterocycles. The van der Waals surface area contributed by atoms with Gasteiger partial charge in [0.15, 0.2) is 0 Å². The monoisotopic (exact) mass is 473 g/mol. The maximum absolute atomic E-state index is 13.5. The van der Waals surface area contributed by atoms with E-state index in [2.05, 4.69) is 11.4 Å².